The van der Waals surface area contributed by atoms with E-state index in [-0.39, 0.29) is 11.6 Å². The molecule has 88 valence electrons. The smallest absolute Gasteiger partial charge is 0.172 e. The number of benzene rings is 1. The van der Waals surface area contributed by atoms with Crippen LogP contribution in [0.2, 0.25) is 0 Å². The van der Waals surface area contributed by atoms with Gasteiger partial charge in [0.2, 0.25) is 0 Å². The molecule has 0 saturated heterocycles. The van der Waals surface area contributed by atoms with Gasteiger partial charge in [-0.05, 0) is 31.2 Å². The Kier molecular flexibility index (Phi) is 3.38. The molecule has 0 aliphatic rings. The highest BCUT2D eigenvalue weighted by Gasteiger charge is 2.11. The summed E-state index contributed by atoms with van der Waals surface area (Å²) in [5, 5.41) is 0. The van der Waals surface area contributed by atoms with E-state index in [1.807, 2.05) is 19.9 Å². The van der Waals surface area contributed by atoms with Gasteiger partial charge in [0.05, 0.1) is 4.88 Å². The molecule has 0 aliphatic heterocycles. The maximum absolute atomic E-state index is 13.7. The molecule has 0 fully saturated rings. The Morgan fingerprint density at radius 1 is 1.29 bits per heavy atom. The van der Waals surface area contributed by atoms with Gasteiger partial charge in [-0.2, -0.15) is 0 Å². The van der Waals surface area contributed by atoms with Crippen LogP contribution in [-0.4, -0.2) is 5.78 Å². The maximum Gasteiger partial charge on any atom is 0.172 e. The topological polar surface area (TPSA) is 17.1 Å². The first-order chi connectivity index (χ1) is 8.11. The van der Waals surface area contributed by atoms with Crippen molar-refractivity contribution in [1.29, 1.82) is 0 Å². The molecule has 1 nitrogen and oxygen atoms in total. The van der Waals surface area contributed by atoms with E-state index in [1.54, 1.807) is 18.2 Å². The van der Waals surface area contributed by atoms with E-state index in [0.717, 1.165) is 10.4 Å². The van der Waals surface area contributed by atoms with Crippen molar-refractivity contribution in [2.75, 3.05) is 0 Å². The molecular weight excluding hydrogens is 235 g/mol. The molecule has 17 heavy (non-hydrogen) atoms. The second-order valence-electron chi connectivity index (χ2n) is 3.92. The minimum atomic E-state index is -0.243. The number of aryl methyl sites for hydroxylation is 1. The Labute approximate surface area is 104 Å². The molecule has 0 spiro atoms. The van der Waals surface area contributed by atoms with Gasteiger partial charge in [-0.15, -0.1) is 11.3 Å². The lowest BCUT2D eigenvalue weighted by Crippen LogP contribution is -1.90. The fraction of sp³-hybridized carbons (Fsp3) is 0.214. The second kappa shape index (κ2) is 4.80. The van der Waals surface area contributed by atoms with Crippen molar-refractivity contribution < 1.29 is 9.18 Å². The van der Waals surface area contributed by atoms with Gasteiger partial charge in [-0.25, -0.2) is 4.39 Å². The van der Waals surface area contributed by atoms with Gasteiger partial charge in [-0.1, -0.05) is 18.6 Å². The third-order valence-corrected chi connectivity index (χ3v) is 3.75. The van der Waals surface area contributed by atoms with Gasteiger partial charge in [0.1, 0.15) is 5.82 Å². The van der Waals surface area contributed by atoms with E-state index in [2.05, 4.69) is 0 Å². The van der Waals surface area contributed by atoms with Gasteiger partial charge in [0, 0.05) is 16.9 Å². The van der Waals surface area contributed by atoms with Crippen LogP contribution in [-0.2, 0) is 0 Å². The summed E-state index contributed by atoms with van der Waals surface area (Å²) in [5.74, 6) is -0.137. The van der Waals surface area contributed by atoms with Crippen molar-refractivity contribution in [3.8, 4) is 10.4 Å². The fourth-order valence-corrected chi connectivity index (χ4v) is 2.67. The number of carbonyl (C=O) groups excluding carboxylic acids is 1. The van der Waals surface area contributed by atoms with Crippen molar-refractivity contribution in [2.45, 2.75) is 20.3 Å². The molecule has 2 aromatic rings. The van der Waals surface area contributed by atoms with Crippen LogP contribution >= 0.6 is 11.3 Å². The molecule has 0 radical (unpaired) electrons. The third-order valence-electron chi connectivity index (χ3n) is 2.59. The van der Waals surface area contributed by atoms with Gasteiger partial charge in [0.15, 0.2) is 5.78 Å². The van der Waals surface area contributed by atoms with E-state index >= 15 is 0 Å². The highest BCUT2D eigenvalue weighted by atomic mass is 32.1. The summed E-state index contributed by atoms with van der Waals surface area (Å²) in [5.41, 5.74) is 1.59. The number of hydrogen-bond acceptors (Lipinski definition) is 2. The van der Waals surface area contributed by atoms with Crippen LogP contribution in [0.1, 0.15) is 28.6 Å². The molecule has 0 N–H and O–H groups in total. The molecule has 0 amide bonds. The first-order valence-electron chi connectivity index (χ1n) is 5.51. The highest BCUT2D eigenvalue weighted by Crippen LogP contribution is 2.31. The van der Waals surface area contributed by atoms with Crippen molar-refractivity contribution in [3.63, 3.8) is 0 Å². The number of ketones is 1. The average Bonchev–Trinajstić information content (AvgIpc) is 2.80. The van der Waals surface area contributed by atoms with Crippen molar-refractivity contribution in [3.05, 3.63) is 46.6 Å². The minimum Gasteiger partial charge on any atom is -0.293 e. The molecule has 0 atom stereocenters. The van der Waals surface area contributed by atoms with Crippen molar-refractivity contribution in [2.24, 2.45) is 0 Å². The summed E-state index contributed by atoms with van der Waals surface area (Å²) in [6.07, 6.45) is 0.482. The lowest BCUT2D eigenvalue weighted by Gasteiger charge is -2.01. The normalized spacial score (nSPS) is 10.5. The highest BCUT2D eigenvalue weighted by molar-refractivity contribution is 7.17. The molecule has 1 heterocycles. The van der Waals surface area contributed by atoms with Gasteiger partial charge in [0.25, 0.3) is 0 Å². The fourth-order valence-electron chi connectivity index (χ4n) is 1.63. The minimum absolute atomic E-state index is 0.106. The van der Waals surface area contributed by atoms with Crippen LogP contribution in [0.5, 0.6) is 0 Å². The Bertz CT molecular complexity index is 557. The number of halogens is 1. The average molecular weight is 248 g/mol. The molecule has 2 rings (SSSR count). The van der Waals surface area contributed by atoms with E-state index in [0.29, 0.717) is 16.9 Å². The molecule has 0 aliphatic carbocycles. The number of hydrogen-bond donors (Lipinski definition) is 0. The van der Waals surface area contributed by atoms with Crippen LogP contribution in [0.25, 0.3) is 10.4 Å². The van der Waals surface area contributed by atoms with Crippen LogP contribution < -0.4 is 0 Å². The van der Waals surface area contributed by atoms with E-state index in [9.17, 15) is 9.18 Å². The van der Waals surface area contributed by atoms with Crippen LogP contribution in [0.3, 0.4) is 0 Å². The number of rotatable bonds is 3. The second-order valence-corrected chi connectivity index (χ2v) is 5.01. The lowest BCUT2D eigenvalue weighted by atomic mass is 10.1. The Hall–Kier alpha value is -1.48. The number of thiophene rings is 1. The Morgan fingerprint density at radius 2 is 2.06 bits per heavy atom. The number of carbonyl (C=O) groups is 1. The molecular formula is C14H13FOS. The third kappa shape index (κ3) is 2.44. The molecule has 1 aromatic carbocycles. The van der Waals surface area contributed by atoms with Crippen LogP contribution in [0.4, 0.5) is 4.39 Å². The van der Waals surface area contributed by atoms with E-state index < -0.39 is 0 Å². The Morgan fingerprint density at radius 3 is 2.76 bits per heavy atom. The largest absolute Gasteiger partial charge is 0.293 e. The molecule has 0 unspecified atom stereocenters. The predicted octanol–water partition coefficient (Wildman–Crippen LogP) is 4.46. The first kappa shape index (κ1) is 12.0. The first-order valence-corrected chi connectivity index (χ1v) is 6.33. The SMILES string of the molecule is CCC(=O)c1ccc(-c2cc(C)ccc2F)s1. The van der Waals surface area contributed by atoms with Crippen molar-refractivity contribution >= 4 is 17.1 Å². The standard InChI is InChI=1S/C14H13FOS/c1-3-12(16)14-7-6-13(17-14)10-8-9(2)4-5-11(10)15/h4-8H,3H2,1-2H3. The zero-order valence-electron chi connectivity index (χ0n) is 9.79. The van der Waals surface area contributed by atoms with Crippen LogP contribution in [0, 0.1) is 12.7 Å². The maximum atomic E-state index is 13.7. The summed E-state index contributed by atoms with van der Waals surface area (Å²) >= 11 is 1.35. The van der Waals surface area contributed by atoms with Gasteiger partial charge in [-0.3, -0.25) is 4.79 Å². The predicted molar refractivity (Wildman–Crippen MR) is 69.1 cm³/mol. The van der Waals surface area contributed by atoms with Gasteiger partial charge >= 0.3 is 0 Å². The van der Waals surface area contributed by atoms with Crippen molar-refractivity contribution in [1.82, 2.24) is 0 Å². The molecule has 0 bridgehead atoms. The van der Waals surface area contributed by atoms with E-state index in [1.165, 1.54) is 17.4 Å². The lowest BCUT2D eigenvalue weighted by molar-refractivity contribution is 0.0992. The summed E-state index contributed by atoms with van der Waals surface area (Å²) in [7, 11) is 0. The molecule has 3 heteroatoms. The summed E-state index contributed by atoms with van der Waals surface area (Å²) in [6, 6.07) is 8.59. The molecule has 0 saturated carbocycles. The zero-order valence-corrected chi connectivity index (χ0v) is 10.6. The summed E-state index contributed by atoms with van der Waals surface area (Å²) < 4.78 is 13.7. The van der Waals surface area contributed by atoms with E-state index in [4.69, 9.17) is 0 Å². The quantitative estimate of drug-likeness (QED) is 0.733. The Balaban J connectivity index is 2.43. The number of Topliss-reactive ketones (excluding diaryl/α,β-unsaturated/α-hetero) is 1. The zero-order chi connectivity index (χ0) is 12.4. The summed E-state index contributed by atoms with van der Waals surface area (Å²) in [6.45, 7) is 3.75. The summed E-state index contributed by atoms with van der Waals surface area (Å²) in [4.78, 5) is 13.0. The van der Waals surface area contributed by atoms with Crippen LogP contribution in [0.15, 0.2) is 30.3 Å². The van der Waals surface area contributed by atoms with Gasteiger partial charge < -0.3 is 0 Å². The monoisotopic (exact) mass is 248 g/mol. The molecule has 1 aromatic heterocycles.